The summed E-state index contributed by atoms with van der Waals surface area (Å²) in [7, 11) is 0. The van der Waals surface area contributed by atoms with Gasteiger partial charge in [-0.05, 0) is 311 Å². The predicted octanol–water partition coefficient (Wildman–Crippen LogP) is 31.7. The Morgan fingerprint density at radius 3 is 1.00 bits per heavy atom. The van der Waals surface area contributed by atoms with E-state index in [2.05, 4.69) is 432 Å². The Morgan fingerprint density at radius 2 is 0.513 bits per heavy atom. The first-order valence-electron chi connectivity index (χ1n) is 41.7. The molecule has 0 saturated heterocycles. The molecule has 2 heteroatoms. The molecule has 117 heavy (non-hydrogen) atoms. The number of rotatable bonds is 11. The summed E-state index contributed by atoms with van der Waals surface area (Å²) in [5, 5.41) is 9.92. The van der Waals surface area contributed by atoms with Gasteiger partial charge < -0.3 is 9.80 Å². The van der Waals surface area contributed by atoms with Crippen molar-refractivity contribution in [2.45, 2.75) is 97.8 Å². The minimum absolute atomic E-state index is 0.191. The molecular weight excluding hydrogens is 1410 g/mol. The highest BCUT2D eigenvalue weighted by Gasteiger charge is 2.42. The first-order chi connectivity index (χ1) is 56.8. The zero-order chi connectivity index (χ0) is 79.3. The fraction of sp³-hybridized carbons (Fsp3) is 0.130. The zero-order valence-electron chi connectivity index (χ0n) is 68.3. The fourth-order valence-corrected chi connectivity index (χ4v) is 21.6. The van der Waals surface area contributed by atoms with Crippen molar-refractivity contribution in [3.8, 4) is 100 Å². The molecule has 0 bridgehead atoms. The number of fused-ring (bicyclic) bond motifs is 18. The molecule has 2 nitrogen and oxygen atoms in total. The van der Waals surface area contributed by atoms with Gasteiger partial charge >= 0.3 is 0 Å². The van der Waals surface area contributed by atoms with Gasteiger partial charge in [-0.2, -0.15) is 0 Å². The summed E-state index contributed by atoms with van der Waals surface area (Å²) in [6.45, 7) is 26.1. The predicted molar refractivity (Wildman–Crippen MR) is 497 cm³/mol. The standard InChI is InChI=1S/C115H90N2/c1-69-27-12-15-32-82(69)99-63-76(45-57-109(99)116(78-47-52-91-88-37-20-23-40-101(88)112(4,5)105(91)65-78)79-48-53-92-89-38-21-24-41-102(89)113(6,7)106(92)66-79)96-62-75-31-14-17-34-84(75)97-59-72(43-51-87(96)97)73-44-56-104-98(60-73)94-55-50-81(68-108(94)115(104,10)11)117(80-49-54-93-90-39-22-25-42-103(90)114(8,9)107(93)67-80)110-58-46-77(64-100(110)111-70(2)28-26-29-71(111)3)95-61-74-30-13-16-33-83(74)85-35-18-19-36-86(85)95/h12-68H,1-11H3. The molecule has 0 fully saturated rings. The van der Waals surface area contributed by atoms with Crippen LogP contribution in [0.2, 0.25) is 0 Å². The van der Waals surface area contributed by atoms with Crippen LogP contribution in [-0.4, -0.2) is 0 Å². The maximum absolute atomic E-state index is 2.58. The van der Waals surface area contributed by atoms with E-state index in [0.29, 0.717) is 0 Å². The summed E-state index contributed by atoms with van der Waals surface area (Å²) in [5.41, 5.74) is 42.9. The number of hydrogen-bond acceptors (Lipinski definition) is 2. The van der Waals surface area contributed by atoms with Crippen molar-refractivity contribution in [2.75, 3.05) is 9.80 Å². The minimum Gasteiger partial charge on any atom is -0.310 e. The molecule has 0 atom stereocenters. The molecule has 0 heterocycles. The lowest BCUT2D eigenvalue weighted by atomic mass is 9.81. The van der Waals surface area contributed by atoms with Crippen molar-refractivity contribution in [3.63, 3.8) is 0 Å². The lowest BCUT2D eigenvalue weighted by Crippen LogP contribution is -2.18. The Balaban J connectivity index is 0.680. The minimum atomic E-state index is -0.323. The molecule has 4 aliphatic rings. The fourth-order valence-electron chi connectivity index (χ4n) is 21.6. The monoisotopic (exact) mass is 1500 g/mol. The molecule has 18 aromatic carbocycles. The highest BCUT2D eigenvalue weighted by Crippen LogP contribution is 2.59. The van der Waals surface area contributed by atoms with E-state index in [0.717, 1.165) is 34.1 Å². The molecule has 0 saturated carbocycles. The van der Waals surface area contributed by atoms with Crippen molar-refractivity contribution < 1.29 is 0 Å². The van der Waals surface area contributed by atoms with Crippen LogP contribution in [0.5, 0.6) is 0 Å². The van der Waals surface area contributed by atoms with Gasteiger partial charge in [0.2, 0.25) is 0 Å². The van der Waals surface area contributed by atoms with E-state index in [1.54, 1.807) is 0 Å². The van der Waals surface area contributed by atoms with Gasteiger partial charge in [0.05, 0.1) is 11.4 Å². The second-order valence-corrected chi connectivity index (χ2v) is 35.6. The van der Waals surface area contributed by atoms with Crippen molar-refractivity contribution in [3.05, 3.63) is 407 Å². The Bertz CT molecular complexity index is 7190. The van der Waals surface area contributed by atoms with E-state index in [4.69, 9.17) is 0 Å². The highest BCUT2D eigenvalue weighted by atomic mass is 15.2. The second kappa shape index (κ2) is 25.8. The van der Waals surface area contributed by atoms with Gasteiger partial charge in [0.15, 0.2) is 0 Å². The molecule has 22 rings (SSSR count). The van der Waals surface area contributed by atoms with Gasteiger partial charge in [-0.1, -0.05) is 304 Å². The Hall–Kier alpha value is -13.4. The third-order valence-electron chi connectivity index (χ3n) is 27.6. The molecule has 0 radical (unpaired) electrons. The summed E-state index contributed by atoms with van der Waals surface area (Å²) >= 11 is 0. The van der Waals surface area contributed by atoms with Crippen LogP contribution in [0.25, 0.3) is 143 Å². The molecule has 4 aliphatic carbocycles. The van der Waals surface area contributed by atoms with E-state index in [1.165, 1.54) is 204 Å². The Morgan fingerprint density at radius 1 is 0.179 bits per heavy atom. The summed E-state index contributed by atoms with van der Waals surface area (Å²) in [4.78, 5) is 5.14. The number of aryl methyl sites for hydroxylation is 3. The number of nitrogens with zero attached hydrogens (tertiary/aromatic N) is 2. The molecule has 0 N–H and O–H groups in total. The van der Waals surface area contributed by atoms with Crippen LogP contribution >= 0.6 is 0 Å². The van der Waals surface area contributed by atoms with Crippen molar-refractivity contribution in [1.82, 2.24) is 0 Å². The molecular formula is C115H90N2. The van der Waals surface area contributed by atoms with Gasteiger partial charge in [-0.25, -0.2) is 0 Å². The highest BCUT2D eigenvalue weighted by molar-refractivity contribution is 6.17. The van der Waals surface area contributed by atoms with Gasteiger partial charge in [0, 0.05) is 55.5 Å². The van der Waals surface area contributed by atoms with Gasteiger partial charge in [-0.15, -0.1) is 0 Å². The van der Waals surface area contributed by atoms with Crippen LogP contribution < -0.4 is 9.80 Å². The normalized spacial score (nSPS) is 14.4. The first kappa shape index (κ1) is 70.2. The largest absolute Gasteiger partial charge is 0.310 e. The van der Waals surface area contributed by atoms with E-state index in [-0.39, 0.29) is 21.7 Å². The number of benzene rings is 18. The Labute approximate surface area is 687 Å². The van der Waals surface area contributed by atoms with E-state index < -0.39 is 0 Å². The van der Waals surface area contributed by atoms with E-state index in [1.807, 2.05) is 0 Å². The average Bonchev–Trinajstić information content (AvgIpc) is 1.70. The quantitative estimate of drug-likeness (QED) is 0.119. The third-order valence-corrected chi connectivity index (χ3v) is 27.6. The molecule has 560 valence electrons. The van der Waals surface area contributed by atoms with Crippen LogP contribution in [0.1, 0.15) is 117 Å². The molecule has 18 aromatic rings. The van der Waals surface area contributed by atoms with Crippen molar-refractivity contribution in [1.29, 1.82) is 0 Å². The maximum atomic E-state index is 2.58. The summed E-state index contributed by atoms with van der Waals surface area (Å²) < 4.78 is 0. The van der Waals surface area contributed by atoms with Crippen LogP contribution in [0.4, 0.5) is 34.1 Å². The topological polar surface area (TPSA) is 6.48 Å². The van der Waals surface area contributed by atoms with Gasteiger partial charge in [0.1, 0.15) is 0 Å². The lowest BCUT2D eigenvalue weighted by molar-refractivity contribution is 0.659. The second-order valence-electron chi connectivity index (χ2n) is 35.6. The summed E-state index contributed by atoms with van der Waals surface area (Å²) in [6.07, 6.45) is 0. The first-order valence-corrected chi connectivity index (χ1v) is 41.7. The van der Waals surface area contributed by atoms with Crippen molar-refractivity contribution in [2.24, 2.45) is 0 Å². The SMILES string of the molecule is Cc1ccccc1-c1cc(-c2cc3ccccc3c3cc(-c4ccc5c(c4)-c4ccc(N(c6ccc7c(c6)C(C)(C)c6ccccc6-7)c6ccc(-c7cc8ccccc8c8ccccc78)cc6-c6c(C)cccc6C)cc4C5(C)C)ccc23)ccc1N(c1ccc2c(c1)C(C)(C)c1ccccc1-2)c1ccc2c(c1)C(C)(C)c1ccccc1-2. The third kappa shape index (κ3) is 10.6. The average molecular weight is 1500 g/mol. The molecule has 0 aliphatic heterocycles. The molecule has 0 aromatic heterocycles. The summed E-state index contributed by atoms with van der Waals surface area (Å²) in [6, 6.07) is 133. The van der Waals surface area contributed by atoms with Gasteiger partial charge in [0.25, 0.3) is 0 Å². The molecule has 0 spiro atoms. The van der Waals surface area contributed by atoms with Crippen LogP contribution in [0.15, 0.2) is 346 Å². The van der Waals surface area contributed by atoms with Crippen LogP contribution in [0, 0.1) is 20.8 Å². The van der Waals surface area contributed by atoms with Gasteiger partial charge in [-0.3, -0.25) is 0 Å². The Kier molecular flexibility index (Phi) is 15.5. The zero-order valence-corrected chi connectivity index (χ0v) is 68.3. The number of hydrogen-bond donors (Lipinski definition) is 0. The smallest absolute Gasteiger partial charge is 0.0540 e. The number of anilines is 6. The van der Waals surface area contributed by atoms with E-state index >= 15 is 0 Å². The summed E-state index contributed by atoms with van der Waals surface area (Å²) in [5.74, 6) is 0. The van der Waals surface area contributed by atoms with E-state index in [9.17, 15) is 0 Å². The molecule has 0 unspecified atom stereocenters. The van der Waals surface area contributed by atoms with Crippen LogP contribution in [-0.2, 0) is 21.7 Å². The molecule has 0 amide bonds. The van der Waals surface area contributed by atoms with Crippen LogP contribution in [0.3, 0.4) is 0 Å². The van der Waals surface area contributed by atoms with Crippen molar-refractivity contribution >= 4 is 77.2 Å². The maximum Gasteiger partial charge on any atom is 0.0540 e. The lowest BCUT2D eigenvalue weighted by Gasteiger charge is -2.32.